The number of aromatic nitrogens is 1. The van der Waals surface area contributed by atoms with Gasteiger partial charge in [0.05, 0.1) is 5.52 Å². The maximum absolute atomic E-state index is 12.7. The summed E-state index contributed by atoms with van der Waals surface area (Å²) in [4.78, 5) is 21.3. The monoisotopic (exact) mass is 401 g/mol. The number of hydrogen-bond acceptors (Lipinski definition) is 4. The molecular weight excluding hydrogens is 374 g/mol. The third kappa shape index (κ3) is 3.97. The van der Waals surface area contributed by atoms with Gasteiger partial charge in [-0.2, -0.15) is 0 Å². The quantitative estimate of drug-likeness (QED) is 0.800. The summed E-state index contributed by atoms with van der Waals surface area (Å²) >= 11 is 6.11. The molecule has 1 aliphatic carbocycles. The van der Waals surface area contributed by atoms with Gasteiger partial charge in [0.15, 0.2) is 0 Å². The zero-order valence-corrected chi connectivity index (χ0v) is 17.1. The fourth-order valence-corrected chi connectivity index (χ4v) is 4.56. The number of anilines is 2. The van der Waals surface area contributed by atoms with Crippen molar-refractivity contribution in [3.63, 3.8) is 0 Å². The smallest absolute Gasteiger partial charge is 0.317 e. The number of amides is 2. The van der Waals surface area contributed by atoms with Gasteiger partial charge >= 0.3 is 6.03 Å². The van der Waals surface area contributed by atoms with Crippen LogP contribution in [0.2, 0.25) is 5.02 Å². The number of nitrogens with one attached hydrogen (secondary N) is 1. The average molecular weight is 402 g/mol. The van der Waals surface area contributed by atoms with Gasteiger partial charge in [-0.1, -0.05) is 31.4 Å². The van der Waals surface area contributed by atoms with Crippen molar-refractivity contribution in [3.05, 3.63) is 29.3 Å². The van der Waals surface area contributed by atoms with Crippen LogP contribution in [0.25, 0.3) is 10.9 Å². The van der Waals surface area contributed by atoms with E-state index in [2.05, 4.69) is 22.1 Å². The van der Waals surface area contributed by atoms with Gasteiger partial charge in [-0.3, -0.25) is 0 Å². The molecule has 2 unspecified atom stereocenters. The maximum Gasteiger partial charge on any atom is 0.317 e. The Hall–Kier alpha value is -2.21. The van der Waals surface area contributed by atoms with Crippen LogP contribution in [0, 0.1) is 5.92 Å². The van der Waals surface area contributed by atoms with E-state index in [0.29, 0.717) is 35.9 Å². The molecule has 0 spiro atoms. The van der Waals surface area contributed by atoms with Gasteiger partial charge in [0.25, 0.3) is 0 Å². The number of nitrogen functional groups attached to an aromatic ring is 1. The number of pyridine rings is 1. The van der Waals surface area contributed by atoms with Crippen molar-refractivity contribution in [1.82, 2.24) is 15.2 Å². The Morgan fingerprint density at radius 3 is 2.68 bits per heavy atom. The minimum Gasteiger partial charge on any atom is -0.384 e. The first-order valence-corrected chi connectivity index (χ1v) is 10.6. The molecule has 150 valence electrons. The van der Waals surface area contributed by atoms with Crippen molar-refractivity contribution in [2.24, 2.45) is 5.92 Å². The summed E-state index contributed by atoms with van der Waals surface area (Å²) in [6.07, 6.45) is 4.79. The molecule has 6 nitrogen and oxygen atoms in total. The normalized spacial score (nSPS) is 23.1. The van der Waals surface area contributed by atoms with E-state index in [-0.39, 0.29) is 6.03 Å². The molecule has 2 amide bonds. The van der Waals surface area contributed by atoms with Crippen LogP contribution in [0.15, 0.2) is 24.3 Å². The first kappa shape index (κ1) is 19.1. The molecule has 7 heteroatoms. The lowest BCUT2D eigenvalue weighted by Gasteiger charge is -2.38. The highest BCUT2D eigenvalue weighted by molar-refractivity contribution is 6.31. The molecule has 1 aromatic heterocycles. The fraction of sp³-hybridized carbons (Fsp3) is 0.524. The number of hydrogen-bond donors (Lipinski definition) is 2. The number of nitrogens with two attached hydrogens (primary N) is 1. The summed E-state index contributed by atoms with van der Waals surface area (Å²) < 4.78 is 0. The van der Waals surface area contributed by atoms with E-state index in [1.54, 1.807) is 0 Å². The molecule has 2 atom stereocenters. The maximum atomic E-state index is 12.7. The van der Waals surface area contributed by atoms with E-state index in [0.717, 1.165) is 36.1 Å². The van der Waals surface area contributed by atoms with Crippen LogP contribution in [-0.2, 0) is 0 Å². The Balaban J connectivity index is 1.43. The molecule has 1 saturated carbocycles. The minimum absolute atomic E-state index is 0.0734. The number of fused-ring (bicyclic) bond motifs is 1. The highest BCUT2D eigenvalue weighted by Gasteiger charge is 2.27. The van der Waals surface area contributed by atoms with Crippen LogP contribution in [0.4, 0.5) is 16.3 Å². The number of halogens is 1. The van der Waals surface area contributed by atoms with Crippen molar-refractivity contribution in [2.75, 3.05) is 36.8 Å². The minimum atomic E-state index is 0.0734. The molecule has 28 heavy (non-hydrogen) atoms. The molecular formula is C21H28ClN5O. The van der Waals surface area contributed by atoms with Crippen LogP contribution in [0.3, 0.4) is 0 Å². The summed E-state index contributed by atoms with van der Waals surface area (Å²) in [5.41, 5.74) is 7.87. The van der Waals surface area contributed by atoms with Crippen LogP contribution in [-0.4, -0.2) is 48.1 Å². The standard InChI is InChI=1S/C21H28ClN5O/c1-14-4-2-3-5-17(14)25-21(28)27-10-8-26(9-11-27)19-13-20(23)24-18-12-15(22)6-7-16(18)19/h6-7,12-14,17H,2-5,8-11H2,1H3,(H2,23,24)(H,25,28). The second-order valence-electron chi connectivity index (χ2n) is 8.02. The number of carbonyl (C=O) groups excluding carboxylic acids is 1. The first-order chi connectivity index (χ1) is 13.5. The Kier molecular flexibility index (Phi) is 5.49. The summed E-state index contributed by atoms with van der Waals surface area (Å²) in [5.74, 6) is 1.05. The first-order valence-electron chi connectivity index (χ1n) is 10.2. The predicted molar refractivity (Wildman–Crippen MR) is 115 cm³/mol. The zero-order chi connectivity index (χ0) is 19.7. The Bertz CT molecular complexity index is 860. The second-order valence-corrected chi connectivity index (χ2v) is 8.46. The van der Waals surface area contributed by atoms with Gasteiger partial charge in [0.2, 0.25) is 0 Å². The predicted octanol–water partition coefficient (Wildman–Crippen LogP) is 3.88. The van der Waals surface area contributed by atoms with Crippen molar-refractivity contribution in [1.29, 1.82) is 0 Å². The molecule has 2 fully saturated rings. The largest absolute Gasteiger partial charge is 0.384 e. The summed E-state index contributed by atoms with van der Waals surface area (Å²) in [6, 6.07) is 8.00. The lowest BCUT2D eigenvalue weighted by Crippen LogP contribution is -2.54. The Labute approximate surface area is 171 Å². The molecule has 0 radical (unpaired) electrons. The molecule has 1 aliphatic heterocycles. The fourth-order valence-electron chi connectivity index (χ4n) is 4.40. The van der Waals surface area contributed by atoms with Crippen LogP contribution in [0.5, 0.6) is 0 Å². The van der Waals surface area contributed by atoms with E-state index in [4.69, 9.17) is 17.3 Å². The lowest BCUT2D eigenvalue weighted by atomic mass is 9.86. The van der Waals surface area contributed by atoms with Crippen LogP contribution < -0.4 is 16.0 Å². The molecule has 1 aromatic carbocycles. The summed E-state index contributed by atoms with van der Waals surface area (Å²) in [5, 5.41) is 4.94. The number of rotatable bonds is 2. The van der Waals surface area contributed by atoms with Gasteiger partial charge in [-0.15, -0.1) is 0 Å². The summed E-state index contributed by atoms with van der Waals surface area (Å²) in [6.45, 7) is 5.19. The van der Waals surface area contributed by atoms with Crippen molar-refractivity contribution >= 4 is 40.0 Å². The number of carbonyl (C=O) groups is 1. The molecule has 3 N–H and O–H groups in total. The summed E-state index contributed by atoms with van der Waals surface area (Å²) in [7, 11) is 0. The number of urea groups is 1. The second kappa shape index (κ2) is 8.03. The zero-order valence-electron chi connectivity index (χ0n) is 16.3. The highest BCUT2D eigenvalue weighted by Crippen LogP contribution is 2.30. The van der Waals surface area contributed by atoms with E-state index in [1.165, 1.54) is 19.3 Å². The molecule has 2 aromatic rings. The average Bonchev–Trinajstić information content (AvgIpc) is 2.69. The number of benzene rings is 1. The lowest BCUT2D eigenvalue weighted by molar-refractivity contribution is 0.179. The molecule has 4 rings (SSSR count). The van der Waals surface area contributed by atoms with E-state index < -0.39 is 0 Å². The van der Waals surface area contributed by atoms with Crippen molar-refractivity contribution < 1.29 is 4.79 Å². The number of nitrogens with zero attached hydrogens (tertiary/aromatic N) is 3. The third-order valence-corrected chi connectivity index (χ3v) is 6.33. The van der Waals surface area contributed by atoms with Crippen molar-refractivity contribution in [3.8, 4) is 0 Å². The van der Waals surface area contributed by atoms with E-state index in [9.17, 15) is 4.79 Å². The van der Waals surface area contributed by atoms with Gasteiger partial charge in [0, 0.05) is 54.4 Å². The Morgan fingerprint density at radius 2 is 1.93 bits per heavy atom. The van der Waals surface area contributed by atoms with E-state index >= 15 is 0 Å². The molecule has 0 bridgehead atoms. The third-order valence-electron chi connectivity index (χ3n) is 6.10. The highest BCUT2D eigenvalue weighted by atomic mass is 35.5. The molecule has 2 heterocycles. The van der Waals surface area contributed by atoms with Crippen molar-refractivity contribution in [2.45, 2.75) is 38.6 Å². The van der Waals surface area contributed by atoms with Gasteiger partial charge in [0.1, 0.15) is 5.82 Å². The van der Waals surface area contributed by atoms with Gasteiger partial charge in [-0.25, -0.2) is 9.78 Å². The topological polar surface area (TPSA) is 74.5 Å². The van der Waals surface area contributed by atoms with Crippen LogP contribution in [0.1, 0.15) is 32.6 Å². The van der Waals surface area contributed by atoms with E-state index in [1.807, 2.05) is 29.2 Å². The molecule has 2 aliphatic rings. The van der Waals surface area contributed by atoms with Gasteiger partial charge in [-0.05, 0) is 37.0 Å². The number of piperazine rings is 1. The SMILES string of the molecule is CC1CCCCC1NC(=O)N1CCN(c2cc(N)nc3cc(Cl)ccc23)CC1. The van der Waals surface area contributed by atoms with Crippen LogP contribution >= 0.6 is 11.6 Å². The van der Waals surface area contributed by atoms with Gasteiger partial charge < -0.3 is 20.9 Å². The molecule has 1 saturated heterocycles. The Morgan fingerprint density at radius 1 is 1.18 bits per heavy atom.